The number of nitrogens with zero attached hydrogens (tertiary/aromatic N) is 2. The van der Waals surface area contributed by atoms with Gasteiger partial charge in [0, 0.05) is 29.3 Å². The molecule has 0 aliphatic carbocycles. The van der Waals surface area contributed by atoms with Crippen molar-refractivity contribution in [2.24, 2.45) is 5.84 Å². The minimum Gasteiger partial charge on any atom is -0.322 e. The second kappa shape index (κ2) is 6.12. The summed E-state index contributed by atoms with van der Waals surface area (Å²) in [4.78, 5) is 20.4. The maximum Gasteiger partial charge on any atom is 0.255 e. The van der Waals surface area contributed by atoms with Gasteiger partial charge in [0.2, 0.25) is 0 Å². The van der Waals surface area contributed by atoms with Crippen LogP contribution in [-0.2, 0) is 0 Å². The molecule has 6 heteroatoms. The van der Waals surface area contributed by atoms with Crippen LogP contribution in [0.15, 0.2) is 36.7 Å². The second-order valence-electron chi connectivity index (χ2n) is 4.65. The Kier molecular flexibility index (Phi) is 4.27. The minimum absolute atomic E-state index is 0.204. The number of aromatic nitrogens is 2. The van der Waals surface area contributed by atoms with E-state index in [0.717, 1.165) is 5.69 Å². The number of carbonyl (C=O) groups excluding carboxylic acids is 1. The first-order chi connectivity index (χ1) is 9.60. The molecule has 20 heavy (non-hydrogen) atoms. The summed E-state index contributed by atoms with van der Waals surface area (Å²) in [5, 5.41) is 2.80. The number of hydrogen-bond donors (Lipinski definition) is 3. The average Bonchev–Trinajstić information content (AvgIpc) is 2.47. The maximum absolute atomic E-state index is 12.2. The topological polar surface area (TPSA) is 92.9 Å². The van der Waals surface area contributed by atoms with E-state index in [1.54, 1.807) is 36.7 Å². The SMILES string of the molecule is CC(C)c1cc(C(=O)Nc2ccncc2)cc(NN)n1. The van der Waals surface area contributed by atoms with Crippen molar-refractivity contribution in [1.82, 2.24) is 9.97 Å². The maximum atomic E-state index is 12.2. The van der Waals surface area contributed by atoms with Crippen molar-refractivity contribution >= 4 is 17.4 Å². The quantitative estimate of drug-likeness (QED) is 0.585. The predicted molar refractivity (Wildman–Crippen MR) is 78.3 cm³/mol. The minimum atomic E-state index is -0.211. The Balaban J connectivity index is 2.27. The molecule has 2 aromatic heterocycles. The van der Waals surface area contributed by atoms with Gasteiger partial charge in [0.25, 0.3) is 5.91 Å². The number of hydrazine groups is 1. The summed E-state index contributed by atoms with van der Waals surface area (Å²) < 4.78 is 0. The van der Waals surface area contributed by atoms with E-state index in [-0.39, 0.29) is 11.8 Å². The lowest BCUT2D eigenvalue weighted by atomic mass is 10.1. The molecule has 0 spiro atoms. The first-order valence-corrected chi connectivity index (χ1v) is 6.30. The molecule has 0 radical (unpaired) electrons. The Morgan fingerprint density at radius 2 is 1.95 bits per heavy atom. The third kappa shape index (κ3) is 3.30. The first kappa shape index (κ1) is 14.0. The first-order valence-electron chi connectivity index (χ1n) is 6.30. The van der Waals surface area contributed by atoms with E-state index in [2.05, 4.69) is 20.7 Å². The summed E-state index contributed by atoms with van der Waals surface area (Å²) in [6.07, 6.45) is 3.24. The van der Waals surface area contributed by atoms with Crippen LogP contribution in [0.25, 0.3) is 0 Å². The molecule has 0 saturated carbocycles. The number of pyridine rings is 2. The highest BCUT2D eigenvalue weighted by molar-refractivity contribution is 6.04. The zero-order valence-electron chi connectivity index (χ0n) is 11.4. The standard InChI is InChI=1S/C14H17N5O/c1-9(2)12-7-10(8-13(18-12)19-15)14(20)17-11-3-5-16-6-4-11/h3-9H,15H2,1-2H3,(H,18,19)(H,16,17,20). The molecule has 0 atom stereocenters. The van der Waals surface area contributed by atoms with Crippen LogP contribution in [0.2, 0.25) is 0 Å². The number of carbonyl (C=O) groups is 1. The average molecular weight is 271 g/mol. The lowest BCUT2D eigenvalue weighted by Crippen LogP contribution is -2.16. The van der Waals surface area contributed by atoms with Crippen LogP contribution in [0.5, 0.6) is 0 Å². The summed E-state index contributed by atoms with van der Waals surface area (Å²) in [6, 6.07) is 6.83. The van der Waals surface area contributed by atoms with E-state index in [1.807, 2.05) is 13.8 Å². The molecule has 0 bridgehead atoms. The van der Waals surface area contributed by atoms with Gasteiger partial charge in [-0.2, -0.15) is 0 Å². The van der Waals surface area contributed by atoms with E-state index in [1.165, 1.54) is 0 Å². The van der Waals surface area contributed by atoms with Gasteiger partial charge >= 0.3 is 0 Å². The number of nitrogens with two attached hydrogens (primary N) is 1. The molecule has 0 unspecified atom stereocenters. The zero-order chi connectivity index (χ0) is 14.5. The molecule has 0 aliphatic rings. The molecule has 6 nitrogen and oxygen atoms in total. The van der Waals surface area contributed by atoms with Crippen LogP contribution >= 0.6 is 0 Å². The van der Waals surface area contributed by atoms with Gasteiger partial charge < -0.3 is 10.7 Å². The van der Waals surface area contributed by atoms with Crippen molar-refractivity contribution < 1.29 is 4.79 Å². The van der Waals surface area contributed by atoms with Crippen LogP contribution in [0.1, 0.15) is 35.8 Å². The number of rotatable bonds is 4. The summed E-state index contributed by atoms with van der Waals surface area (Å²) in [6.45, 7) is 4.01. The van der Waals surface area contributed by atoms with Crippen molar-refractivity contribution in [2.75, 3.05) is 10.7 Å². The highest BCUT2D eigenvalue weighted by atomic mass is 16.1. The molecule has 0 aromatic carbocycles. The summed E-state index contributed by atoms with van der Waals surface area (Å²) in [5.74, 6) is 5.85. The summed E-state index contributed by atoms with van der Waals surface area (Å²) >= 11 is 0. The van der Waals surface area contributed by atoms with Crippen molar-refractivity contribution in [3.8, 4) is 0 Å². The Labute approximate surface area is 117 Å². The highest BCUT2D eigenvalue weighted by Crippen LogP contribution is 2.18. The lowest BCUT2D eigenvalue weighted by molar-refractivity contribution is 0.102. The van der Waals surface area contributed by atoms with Crippen LogP contribution < -0.4 is 16.6 Å². The highest BCUT2D eigenvalue weighted by Gasteiger charge is 2.11. The van der Waals surface area contributed by atoms with E-state index in [0.29, 0.717) is 17.1 Å². The van der Waals surface area contributed by atoms with Crippen LogP contribution in [0.4, 0.5) is 11.5 Å². The number of hydrogen-bond acceptors (Lipinski definition) is 5. The van der Waals surface area contributed by atoms with Gasteiger partial charge in [-0.25, -0.2) is 10.8 Å². The zero-order valence-corrected chi connectivity index (χ0v) is 11.4. The van der Waals surface area contributed by atoms with E-state index in [4.69, 9.17) is 5.84 Å². The van der Waals surface area contributed by atoms with Gasteiger partial charge in [0.05, 0.1) is 0 Å². The van der Waals surface area contributed by atoms with E-state index < -0.39 is 0 Å². The third-order valence-electron chi connectivity index (χ3n) is 2.78. The number of nitrogen functional groups attached to an aromatic ring is 1. The molecule has 1 amide bonds. The predicted octanol–water partition coefficient (Wildman–Crippen LogP) is 2.14. The molecule has 104 valence electrons. The normalized spacial score (nSPS) is 10.4. The van der Waals surface area contributed by atoms with Crippen LogP contribution in [0.3, 0.4) is 0 Å². The number of anilines is 2. The fourth-order valence-corrected chi connectivity index (χ4v) is 1.69. The Hall–Kier alpha value is -2.47. The van der Waals surface area contributed by atoms with E-state index in [9.17, 15) is 4.79 Å². The Bertz CT molecular complexity index is 598. The van der Waals surface area contributed by atoms with Gasteiger partial charge in [0.1, 0.15) is 5.82 Å². The van der Waals surface area contributed by atoms with Gasteiger partial charge in [0.15, 0.2) is 0 Å². The lowest BCUT2D eigenvalue weighted by Gasteiger charge is -2.11. The monoisotopic (exact) mass is 271 g/mol. The molecular weight excluding hydrogens is 254 g/mol. The van der Waals surface area contributed by atoms with Crippen molar-refractivity contribution in [3.63, 3.8) is 0 Å². The molecule has 2 aromatic rings. The van der Waals surface area contributed by atoms with Crippen molar-refractivity contribution in [1.29, 1.82) is 0 Å². The van der Waals surface area contributed by atoms with Gasteiger partial charge in [-0.15, -0.1) is 0 Å². The third-order valence-corrected chi connectivity index (χ3v) is 2.78. The van der Waals surface area contributed by atoms with Crippen molar-refractivity contribution in [2.45, 2.75) is 19.8 Å². The fourth-order valence-electron chi connectivity index (χ4n) is 1.69. The molecule has 4 N–H and O–H groups in total. The molecule has 0 fully saturated rings. The van der Waals surface area contributed by atoms with Crippen molar-refractivity contribution in [3.05, 3.63) is 47.9 Å². The van der Waals surface area contributed by atoms with Crippen LogP contribution in [-0.4, -0.2) is 15.9 Å². The van der Waals surface area contributed by atoms with Gasteiger partial charge in [-0.1, -0.05) is 13.8 Å². The molecule has 2 heterocycles. The molecule has 2 rings (SSSR count). The van der Waals surface area contributed by atoms with Gasteiger partial charge in [-0.05, 0) is 30.2 Å². The smallest absolute Gasteiger partial charge is 0.255 e. The molecule has 0 saturated heterocycles. The molecular formula is C14H17N5O. The fraction of sp³-hybridized carbons (Fsp3) is 0.214. The Morgan fingerprint density at radius 3 is 2.55 bits per heavy atom. The number of nitrogens with one attached hydrogen (secondary N) is 2. The summed E-state index contributed by atoms with van der Waals surface area (Å²) in [7, 11) is 0. The Morgan fingerprint density at radius 1 is 1.25 bits per heavy atom. The molecule has 0 aliphatic heterocycles. The van der Waals surface area contributed by atoms with E-state index >= 15 is 0 Å². The van der Waals surface area contributed by atoms with Crippen LogP contribution in [0, 0.1) is 0 Å². The van der Waals surface area contributed by atoms with Gasteiger partial charge in [-0.3, -0.25) is 9.78 Å². The largest absolute Gasteiger partial charge is 0.322 e. The summed E-state index contributed by atoms with van der Waals surface area (Å²) in [5.41, 5.74) is 4.48. The second-order valence-corrected chi connectivity index (χ2v) is 4.65. The number of amides is 1.